The molecule has 24 heavy (non-hydrogen) atoms. The molecule has 0 aliphatic carbocycles. The molecule has 1 aromatic heterocycles. The predicted molar refractivity (Wildman–Crippen MR) is 89.7 cm³/mol. The molecule has 134 valence electrons. The van der Waals surface area contributed by atoms with Crippen molar-refractivity contribution in [2.24, 2.45) is 0 Å². The quantitative estimate of drug-likeness (QED) is 0.407. The zero-order chi connectivity index (χ0) is 17.9. The fourth-order valence-electron chi connectivity index (χ4n) is 2.12. The smallest absolute Gasteiger partial charge is 0.412 e. The van der Waals surface area contributed by atoms with E-state index in [2.05, 4.69) is 10.3 Å². The number of rotatable bonds is 5. The second kappa shape index (κ2) is 8.20. The van der Waals surface area contributed by atoms with Gasteiger partial charge in [-0.3, -0.25) is 9.88 Å². The van der Waals surface area contributed by atoms with Crippen LogP contribution in [0.4, 0.5) is 10.6 Å². The summed E-state index contributed by atoms with van der Waals surface area (Å²) >= 11 is 1.87. The van der Waals surface area contributed by atoms with Crippen LogP contribution in [0.25, 0.3) is 0 Å². The van der Waals surface area contributed by atoms with E-state index in [1.54, 1.807) is 6.92 Å². The number of carbonyl (C=O) groups excluding carboxylic acids is 1. The Hall–Kier alpha value is -1.28. The SMILES string of the molecule is COCCOC(=O)Nc1nc(=O)n([C@@H]2O[C@H](C)[C@@H](O)[C@H]2O)cc1I. The Kier molecular flexibility index (Phi) is 6.51. The predicted octanol–water partition coefficient (Wildman–Crippen LogP) is -0.318. The first-order chi connectivity index (χ1) is 11.3. The molecule has 0 spiro atoms. The number of aliphatic hydroxyl groups excluding tert-OH is 2. The summed E-state index contributed by atoms with van der Waals surface area (Å²) < 4.78 is 16.5. The lowest BCUT2D eigenvalue weighted by molar-refractivity contribution is -0.0351. The van der Waals surface area contributed by atoms with Crippen LogP contribution in [0.15, 0.2) is 11.0 Å². The highest BCUT2D eigenvalue weighted by Gasteiger charge is 2.42. The first-order valence-corrected chi connectivity index (χ1v) is 8.16. The molecule has 10 nitrogen and oxygen atoms in total. The van der Waals surface area contributed by atoms with Crippen LogP contribution < -0.4 is 11.0 Å². The second-order valence-electron chi connectivity index (χ2n) is 5.09. The minimum Gasteiger partial charge on any atom is -0.447 e. The highest BCUT2D eigenvalue weighted by Crippen LogP contribution is 2.28. The monoisotopic (exact) mass is 455 g/mol. The molecular weight excluding hydrogens is 437 g/mol. The van der Waals surface area contributed by atoms with Gasteiger partial charge in [0.2, 0.25) is 0 Å². The average molecular weight is 455 g/mol. The van der Waals surface area contributed by atoms with Crippen molar-refractivity contribution in [3.63, 3.8) is 0 Å². The summed E-state index contributed by atoms with van der Waals surface area (Å²) in [4.78, 5) is 27.5. The number of nitrogens with zero attached hydrogens (tertiary/aromatic N) is 2. The van der Waals surface area contributed by atoms with Gasteiger partial charge < -0.3 is 24.4 Å². The van der Waals surface area contributed by atoms with Crippen molar-refractivity contribution in [1.29, 1.82) is 0 Å². The van der Waals surface area contributed by atoms with E-state index in [1.165, 1.54) is 13.3 Å². The van der Waals surface area contributed by atoms with E-state index in [4.69, 9.17) is 14.2 Å². The molecule has 2 rings (SSSR count). The van der Waals surface area contributed by atoms with Gasteiger partial charge >= 0.3 is 11.8 Å². The van der Waals surface area contributed by atoms with Gasteiger partial charge in [-0.25, -0.2) is 9.59 Å². The third kappa shape index (κ3) is 4.22. The largest absolute Gasteiger partial charge is 0.447 e. The normalized spacial score (nSPS) is 26.4. The molecule has 1 saturated heterocycles. The van der Waals surface area contributed by atoms with E-state index < -0.39 is 36.3 Å². The van der Waals surface area contributed by atoms with Crippen molar-refractivity contribution in [3.8, 4) is 0 Å². The van der Waals surface area contributed by atoms with Crippen molar-refractivity contribution in [3.05, 3.63) is 20.3 Å². The average Bonchev–Trinajstić information content (AvgIpc) is 2.78. The number of ether oxygens (including phenoxy) is 3. The van der Waals surface area contributed by atoms with Crippen molar-refractivity contribution in [1.82, 2.24) is 9.55 Å². The molecule has 0 unspecified atom stereocenters. The zero-order valence-electron chi connectivity index (χ0n) is 13.0. The van der Waals surface area contributed by atoms with Gasteiger partial charge in [0.25, 0.3) is 0 Å². The lowest BCUT2D eigenvalue weighted by Gasteiger charge is -2.18. The van der Waals surface area contributed by atoms with Crippen molar-refractivity contribution >= 4 is 34.5 Å². The summed E-state index contributed by atoms with van der Waals surface area (Å²) in [5.74, 6) is 0.0281. The van der Waals surface area contributed by atoms with Crippen molar-refractivity contribution in [2.75, 3.05) is 25.6 Å². The number of aliphatic hydroxyl groups is 2. The Morgan fingerprint density at radius 2 is 2.17 bits per heavy atom. The highest BCUT2D eigenvalue weighted by atomic mass is 127. The Morgan fingerprint density at radius 1 is 1.46 bits per heavy atom. The molecule has 1 amide bonds. The number of nitrogens with one attached hydrogen (secondary N) is 1. The molecule has 3 N–H and O–H groups in total. The lowest BCUT2D eigenvalue weighted by atomic mass is 10.1. The van der Waals surface area contributed by atoms with E-state index in [0.29, 0.717) is 3.57 Å². The highest BCUT2D eigenvalue weighted by molar-refractivity contribution is 14.1. The number of carbonyl (C=O) groups is 1. The van der Waals surface area contributed by atoms with Gasteiger partial charge in [0.15, 0.2) is 12.0 Å². The number of aromatic nitrogens is 2. The van der Waals surface area contributed by atoms with Gasteiger partial charge in [0.05, 0.1) is 16.3 Å². The number of hydrogen-bond donors (Lipinski definition) is 3. The minimum absolute atomic E-state index is 0.0281. The van der Waals surface area contributed by atoms with Crippen LogP contribution >= 0.6 is 22.6 Å². The molecule has 1 aliphatic rings. The molecule has 0 aromatic carbocycles. The van der Waals surface area contributed by atoms with Crippen LogP contribution in [0.1, 0.15) is 13.2 Å². The molecule has 2 heterocycles. The number of amides is 1. The molecule has 0 radical (unpaired) electrons. The fourth-order valence-corrected chi connectivity index (χ4v) is 2.68. The number of hydrogen-bond acceptors (Lipinski definition) is 8. The van der Waals surface area contributed by atoms with E-state index in [0.717, 1.165) is 4.57 Å². The molecule has 0 bridgehead atoms. The van der Waals surface area contributed by atoms with Crippen LogP contribution in [0.2, 0.25) is 0 Å². The van der Waals surface area contributed by atoms with Crippen LogP contribution in [-0.2, 0) is 14.2 Å². The first kappa shape index (κ1) is 19.1. The molecule has 1 aromatic rings. The molecule has 4 atom stereocenters. The number of methoxy groups -OCH3 is 1. The second-order valence-corrected chi connectivity index (χ2v) is 6.26. The molecule has 0 saturated carbocycles. The lowest BCUT2D eigenvalue weighted by Crippen LogP contribution is -2.36. The van der Waals surface area contributed by atoms with Gasteiger partial charge in [-0.2, -0.15) is 4.98 Å². The Labute approximate surface area is 150 Å². The fraction of sp³-hybridized carbons (Fsp3) is 0.615. The third-order valence-electron chi connectivity index (χ3n) is 3.40. The van der Waals surface area contributed by atoms with E-state index in [9.17, 15) is 19.8 Å². The van der Waals surface area contributed by atoms with Crippen LogP contribution in [0.5, 0.6) is 0 Å². The molecule has 1 fully saturated rings. The molecule has 1 aliphatic heterocycles. The van der Waals surface area contributed by atoms with E-state index in [-0.39, 0.29) is 19.0 Å². The summed E-state index contributed by atoms with van der Waals surface area (Å²) in [7, 11) is 1.47. The summed E-state index contributed by atoms with van der Waals surface area (Å²) in [5, 5.41) is 22.1. The maximum atomic E-state index is 12.1. The Morgan fingerprint density at radius 3 is 2.75 bits per heavy atom. The van der Waals surface area contributed by atoms with Gasteiger partial charge in [-0.05, 0) is 29.5 Å². The summed E-state index contributed by atoms with van der Waals surface area (Å²) in [5.41, 5.74) is -0.743. The Balaban J connectivity index is 2.14. The third-order valence-corrected chi connectivity index (χ3v) is 4.19. The van der Waals surface area contributed by atoms with Crippen LogP contribution in [0, 0.1) is 3.57 Å². The Bertz CT molecular complexity index is 653. The van der Waals surface area contributed by atoms with E-state index >= 15 is 0 Å². The van der Waals surface area contributed by atoms with Crippen molar-refractivity contribution < 1.29 is 29.2 Å². The first-order valence-electron chi connectivity index (χ1n) is 7.08. The van der Waals surface area contributed by atoms with Crippen LogP contribution in [-0.4, -0.2) is 64.5 Å². The maximum Gasteiger partial charge on any atom is 0.412 e. The van der Waals surface area contributed by atoms with Gasteiger partial charge in [-0.1, -0.05) is 0 Å². The summed E-state index contributed by atoms with van der Waals surface area (Å²) in [6.07, 6.45) is -3.43. The summed E-state index contributed by atoms with van der Waals surface area (Å²) in [6, 6.07) is 0. The van der Waals surface area contributed by atoms with Crippen molar-refractivity contribution in [2.45, 2.75) is 31.5 Å². The van der Waals surface area contributed by atoms with Gasteiger partial charge in [0.1, 0.15) is 18.8 Å². The maximum absolute atomic E-state index is 12.1. The zero-order valence-corrected chi connectivity index (χ0v) is 15.2. The van der Waals surface area contributed by atoms with Gasteiger partial charge in [0, 0.05) is 13.3 Å². The topological polar surface area (TPSA) is 132 Å². The van der Waals surface area contributed by atoms with E-state index in [1.807, 2.05) is 22.6 Å². The molecular formula is C13H18IN3O7. The number of anilines is 1. The van der Waals surface area contributed by atoms with Gasteiger partial charge in [-0.15, -0.1) is 0 Å². The summed E-state index contributed by atoms with van der Waals surface area (Å²) in [6.45, 7) is 1.90. The number of halogens is 1. The standard InChI is InChI=1S/C13H18IN3O7/c1-6-8(18)9(19)11(24-6)17-5-7(14)10(15-12(17)20)16-13(21)23-4-3-22-2/h5-6,8-9,11,18-19H,3-4H2,1-2H3,(H,15,16,20,21)/t6-,8-,9-,11-/m1/s1. The molecule has 11 heteroatoms. The minimum atomic E-state index is -1.26. The van der Waals surface area contributed by atoms with Crippen LogP contribution in [0.3, 0.4) is 0 Å².